The fourth-order valence-electron chi connectivity index (χ4n) is 3.74. The van der Waals surface area contributed by atoms with Crippen LogP contribution in [0.3, 0.4) is 0 Å². The molecule has 176 valence electrons. The van der Waals surface area contributed by atoms with Gasteiger partial charge in [0.05, 0.1) is 17.7 Å². The highest BCUT2D eigenvalue weighted by atomic mass is 16.5. The van der Waals surface area contributed by atoms with Crippen molar-refractivity contribution in [2.24, 2.45) is 0 Å². The number of esters is 1. The molecule has 0 heterocycles. The second kappa shape index (κ2) is 17.8. The molecule has 0 aliphatic heterocycles. The zero-order valence-electron chi connectivity index (χ0n) is 20.3. The maximum absolute atomic E-state index is 13.4. The van der Waals surface area contributed by atoms with E-state index in [-0.39, 0.29) is 11.9 Å². The predicted octanol–water partition coefficient (Wildman–Crippen LogP) is 7.42. The number of carbonyl (C=O) groups is 2. The van der Waals surface area contributed by atoms with Crippen LogP contribution in [0.5, 0.6) is 0 Å². The molecule has 0 radical (unpaired) electrons. The van der Waals surface area contributed by atoms with E-state index >= 15 is 0 Å². The van der Waals surface area contributed by atoms with Crippen molar-refractivity contribution in [3.8, 4) is 0 Å². The molecule has 31 heavy (non-hydrogen) atoms. The lowest BCUT2D eigenvalue weighted by atomic mass is 10.1. The topological polar surface area (TPSA) is 46.6 Å². The molecule has 0 spiro atoms. The maximum Gasteiger partial charge on any atom is 0.338 e. The van der Waals surface area contributed by atoms with Crippen LogP contribution in [0.25, 0.3) is 0 Å². The van der Waals surface area contributed by atoms with E-state index in [1.807, 2.05) is 11.0 Å². The molecule has 4 nitrogen and oxygen atoms in total. The van der Waals surface area contributed by atoms with E-state index in [0.29, 0.717) is 17.7 Å². The fraction of sp³-hybridized carbons (Fsp3) is 0.704. The van der Waals surface area contributed by atoms with Gasteiger partial charge in [0.2, 0.25) is 0 Å². The number of rotatable bonds is 18. The third kappa shape index (κ3) is 11.4. The average molecular weight is 432 g/mol. The van der Waals surface area contributed by atoms with Crippen molar-refractivity contribution < 1.29 is 14.3 Å². The molecule has 0 saturated heterocycles. The minimum absolute atomic E-state index is 0.0351. The fourth-order valence-corrected chi connectivity index (χ4v) is 3.74. The standard InChI is InChI=1S/C27H45NO3/c1-4-7-10-12-16-21-28(22-17-13-11-8-5-2)26(29)24-19-14-15-20-25(24)27(30)31-23-18-9-6-3/h14-15,19-20H,4-13,16-18,21-23H2,1-3H3. The van der Waals surface area contributed by atoms with E-state index in [1.54, 1.807) is 18.2 Å². The van der Waals surface area contributed by atoms with Crippen molar-refractivity contribution in [3.63, 3.8) is 0 Å². The number of hydrogen-bond donors (Lipinski definition) is 0. The Balaban J connectivity index is 2.79. The quantitative estimate of drug-likeness (QED) is 0.179. The second-order valence-electron chi connectivity index (χ2n) is 8.51. The molecule has 0 aliphatic carbocycles. The molecular formula is C27H45NO3. The van der Waals surface area contributed by atoms with Crippen LogP contribution in [-0.2, 0) is 4.74 Å². The molecule has 1 aromatic rings. The molecule has 0 saturated carbocycles. The van der Waals surface area contributed by atoms with E-state index in [4.69, 9.17) is 4.74 Å². The summed E-state index contributed by atoms with van der Waals surface area (Å²) in [4.78, 5) is 28.0. The maximum atomic E-state index is 13.4. The molecular weight excluding hydrogens is 386 g/mol. The molecule has 0 unspecified atom stereocenters. The molecule has 1 amide bonds. The van der Waals surface area contributed by atoms with Crippen LogP contribution in [0.4, 0.5) is 0 Å². The van der Waals surface area contributed by atoms with Gasteiger partial charge in [-0.1, -0.05) is 97.1 Å². The predicted molar refractivity (Wildman–Crippen MR) is 130 cm³/mol. The molecule has 0 atom stereocenters. The van der Waals surface area contributed by atoms with Crippen LogP contribution in [0.1, 0.15) is 125 Å². The number of nitrogens with zero attached hydrogens (tertiary/aromatic N) is 1. The molecule has 0 N–H and O–H groups in total. The summed E-state index contributed by atoms with van der Waals surface area (Å²) in [6.07, 6.45) is 14.7. The van der Waals surface area contributed by atoms with Gasteiger partial charge in [-0.2, -0.15) is 0 Å². The Kier molecular flexibility index (Phi) is 15.6. The Morgan fingerprint density at radius 2 is 1.16 bits per heavy atom. The lowest BCUT2D eigenvalue weighted by molar-refractivity contribution is 0.0491. The first kappa shape index (κ1) is 27.2. The average Bonchev–Trinajstić information content (AvgIpc) is 2.79. The van der Waals surface area contributed by atoms with Crippen molar-refractivity contribution in [1.82, 2.24) is 4.90 Å². The minimum atomic E-state index is -0.383. The summed E-state index contributed by atoms with van der Waals surface area (Å²) in [5.41, 5.74) is 0.871. The van der Waals surface area contributed by atoms with Gasteiger partial charge >= 0.3 is 5.97 Å². The van der Waals surface area contributed by atoms with Crippen LogP contribution in [0, 0.1) is 0 Å². The lowest BCUT2D eigenvalue weighted by Crippen LogP contribution is -2.34. The molecule has 0 aromatic heterocycles. The third-order valence-electron chi connectivity index (χ3n) is 5.71. The Hall–Kier alpha value is -1.84. The summed E-state index contributed by atoms with van der Waals surface area (Å²) in [5.74, 6) is -0.419. The van der Waals surface area contributed by atoms with Gasteiger partial charge in [0.1, 0.15) is 0 Å². The highest BCUT2D eigenvalue weighted by Gasteiger charge is 2.22. The molecule has 1 aromatic carbocycles. The molecule has 0 aliphatic rings. The summed E-state index contributed by atoms with van der Waals surface area (Å²) >= 11 is 0. The van der Waals surface area contributed by atoms with Crippen molar-refractivity contribution >= 4 is 11.9 Å². The van der Waals surface area contributed by atoms with Gasteiger partial charge in [-0.15, -0.1) is 0 Å². The van der Waals surface area contributed by atoms with Crippen LogP contribution in [0.15, 0.2) is 24.3 Å². The molecule has 4 heteroatoms. The van der Waals surface area contributed by atoms with Gasteiger partial charge in [0.15, 0.2) is 0 Å². The van der Waals surface area contributed by atoms with Gasteiger partial charge < -0.3 is 9.64 Å². The Morgan fingerprint density at radius 1 is 0.677 bits per heavy atom. The number of benzene rings is 1. The number of ether oxygens (including phenoxy) is 1. The minimum Gasteiger partial charge on any atom is -0.462 e. The van der Waals surface area contributed by atoms with Crippen molar-refractivity contribution in [2.45, 2.75) is 104 Å². The first-order chi connectivity index (χ1) is 15.2. The van der Waals surface area contributed by atoms with E-state index in [9.17, 15) is 9.59 Å². The first-order valence-electron chi connectivity index (χ1n) is 12.7. The van der Waals surface area contributed by atoms with Crippen LogP contribution < -0.4 is 0 Å². The number of unbranched alkanes of at least 4 members (excludes halogenated alkanes) is 10. The van der Waals surface area contributed by atoms with Crippen LogP contribution in [-0.4, -0.2) is 36.5 Å². The molecule has 1 rings (SSSR count). The van der Waals surface area contributed by atoms with Crippen LogP contribution in [0.2, 0.25) is 0 Å². The van der Waals surface area contributed by atoms with Crippen molar-refractivity contribution in [2.75, 3.05) is 19.7 Å². The normalized spacial score (nSPS) is 10.8. The van der Waals surface area contributed by atoms with E-state index < -0.39 is 0 Å². The van der Waals surface area contributed by atoms with E-state index in [1.165, 1.54) is 38.5 Å². The Labute approximate surface area is 190 Å². The highest BCUT2D eigenvalue weighted by molar-refractivity contribution is 6.05. The monoisotopic (exact) mass is 431 g/mol. The van der Waals surface area contributed by atoms with Gasteiger partial charge in [-0.25, -0.2) is 4.79 Å². The largest absolute Gasteiger partial charge is 0.462 e. The Morgan fingerprint density at radius 3 is 1.71 bits per heavy atom. The number of carbonyl (C=O) groups excluding carboxylic acids is 2. The second-order valence-corrected chi connectivity index (χ2v) is 8.51. The number of amides is 1. The SMILES string of the molecule is CCCCCCCN(CCCCCCC)C(=O)c1ccccc1C(=O)OCCCCC. The highest BCUT2D eigenvalue weighted by Crippen LogP contribution is 2.16. The smallest absolute Gasteiger partial charge is 0.338 e. The van der Waals surface area contributed by atoms with E-state index in [2.05, 4.69) is 20.8 Å². The molecule has 0 bridgehead atoms. The summed E-state index contributed by atoms with van der Waals surface area (Å²) in [5, 5.41) is 0. The molecule has 0 fully saturated rings. The van der Waals surface area contributed by atoms with E-state index in [0.717, 1.165) is 58.0 Å². The van der Waals surface area contributed by atoms with Crippen molar-refractivity contribution in [3.05, 3.63) is 35.4 Å². The summed E-state index contributed by atoms with van der Waals surface area (Å²) in [6.45, 7) is 8.48. The lowest BCUT2D eigenvalue weighted by Gasteiger charge is -2.24. The first-order valence-corrected chi connectivity index (χ1v) is 12.7. The Bertz CT molecular complexity index is 600. The van der Waals surface area contributed by atoms with Crippen LogP contribution >= 0.6 is 0 Å². The van der Waals surface area contributed by atoms with Gasteiger partial charge in [0, 0.05) is 13.1 Å². The summed E-state index contributed by atoms with van der Waals surface area (Å²) in [7, 11) is 0. The zero-order valence-corrected chi connectivity index (χ0v) is 20.3. The zero-order chi connectivity index (χ0) is 22.7. The summed E-state index contributed by atoms with van der Waals surface area (Å²) < 4.78 is 5.44. The van der Waals surface area contributed by atoms with Gasteiger partial charge in [0.25, 0.3) is 5.91 Å². The van der Waals surface area contributed by atoms with Gasteiger partial charge in [-0.3, -0.25) is 4.79 Å². The van der Waals surface area contributed by atoms with Crippen molar-refractivity contribution in [1.29, 1.82) is 0 Å². The third-order valence-corrected chi connectivity index (χ3v) is 5.71. The van der Waals surface area contributed by atoms with Gasteiger partial charge in [-0.05, 0) is 31.4 Å². The number of hydrogen-bond acceptors (Lipinski definition) is 3. The summed E-state index contributed by atoms with van der Waals surface area (Å²) in [6, 6.07) is 7.13.